The van der Waals surface area contributed by atoms with Crippen molar-refractivity contribution in [3.8, 4) is 11.5 Å². The summed E-state index contributed by atoms with van der Waals surface area (Å²) in [4.78, 5) is 24.7. The molecule has 1 saturated carbocycles. The number of nitrogens with two attached hydrogens (primary N) is 1. The third-order valence-corrected chi connectivity index (χ3v) is 5.35. The van der Waals surface area contributed by atoms with Crippen LogP contribution in [-0.4, -0.2) is 11.9 Å². The predicted octanol–water partition coefficient (Wildman–Crippen LogP) is 5.14. The summed E-state index contributed by atoms with van der Waals surface area (Å²) in [6.07, 6.45) is 0.386. The van der Waals surface area contributed by atoms with E-state index in [1.165, 1.54) is 0 Å². The van der Waals surface area contributed by atoms with Crippen LogP contribution in [0.5, 0.6) is 11.5 Å². The lowest BCUT2D eigenvalue weighted by Gasteiger charge is -2.16. The maximum Gasteiger partial charge on any atom is 0.311 e. The van der Waals surface area contributed by atoms with Gasteiger partial charge in [0.2, 0.25) is 6.10 Å². The van der Waals surface area contributed by atoms with Crippen molar-refractivity contribution in [3.63, 3.8) is 0 Å². The Bertz CT molecular complexity index is 939. The van der Waals surface area contributed by atoms with Crippen molar-refractivity contribution in [2.45, 2.75) is 20.0 Å². The molecule has 1 fully saturated rings. The molecule has 0 aliphatic heterocycles. The molecule has 0 spiro atoms. The van der Waals surface area contributed by atoms with Crippen LogP contribution in [0.1, 0.15) is 25.5 Å². The Morgan fingerprint density at radius 1 is 1.07 bits per heavy atom. The number of halogens is 2. The zero-order valence-electron chi connectivity index (χ0n) is 16.0. The average molecular weight is 434 g/mol. The lowest BCUT2D eigenvalue weighted by molar-refractivity contribution is -0.157. The minimum absolute atomic E-state index is 0.0931. The van der Waals surface area contributed by atoms with Crippen molar-refractivity contribution in [3.05, 3.63) is 70.7 Å². The summed E-state index contributed by atoms with van der Waals surface area (Å²) in [6.45, 7) is 3.81. The summed E-state index contributed by atoms with van der Waals surface area (Å²) < 4.78 is 11.4. The van der Waals surface area contributed by atoms with Crippen LogP contribution in [0.2, 0.25) is 0 Å². The molecule has 1 aliphatic carbocycles. The van der Waals surface area contributed by atoms with Gasteiger partial charge in [-0.2, -0.15) is 0 Å². The zero-order chi connectivity index (χ0) is 21.2. The van der Waals surface area contributed by atoms with E-state index in [4.69, 9.17) is 38.4 Å². The highest BCUT2D eigenvalue weighted by atomic mass is 35.5. The fraction of sp³-hybridized carbons (Fsp3) is 0.273. The SMILES string of the molecule is CC1(C)C(C=C(Cl)Cl)C1C(=O)OC(C(N)=O)c1cccc(Oc2ccccc2)c1. The molecule has 3 rings (SSSR count). The monoisotopic (exact) mass is 433 g/mol. The molecular weight excluding hydrogens is 413 g/mol. The lowest BCUT2D eigenvalue weighted by atomic mass is 10.1. The molecule has 0 saturated heterocycles. The van der Waals surface area contributed by atoms with E-state index < -0.39 is 23.9 Å². The van der Waals surface area contributed by atoms with Crippen molar-refractivity contribution in [2.75, 3.05) is 0 Å². The van der Waals surface area contributed by atoms with Crippen molar-refractivity contribution in [1.82, 2.24) is 0 Å². The van der Waals surface area contributed by atoms with E-state index in [9.17, 15) is 9.59 Å². The van der Waals surface area contributed by atoms with Gasteiger partial charge < -0.3 is 15.2 Å². The van der Waals surface area contributed by atoms with Crippen molar-refractivity contribution in [1.29, 1.82) is 0 Å². The molecule has 2 aromatic rings. The number of rotatable bonds is 7. The van der Waals surface area contributed by atoms with Gasteiger partial charge in [-0.05, 0) is 41.7 Å². The molecule has 29 heavy (non-hydrogen) atoms. The van der Waals surface area contributed by atoms with Gasteiger partial charge >= 0.3 is 5.97 Å². The number of ether oxygens (including phenoxy) is 2. The lowest BCUT2D eigenvalue weighted by Crippen LogP contribution is -2.27. The molecule has 2 aromatic carbocycles. The number of allylic oxidation sites excluding steroid dienone is 1. The molecule has 3 atom stereocenters. The molecule has 5 nitrogen and oxygen atoms in total. The summed E-state index contributed by atoms with van der Waals surface area (Å²) in [5.74, 6) is -0.774. The molecule has 0 heterocycles. The van der Waals surface area contributed by atoms with Crippen molar-refractivity contribution in [2.24, 2.45) is 23.0 Å². The van der Waals surface area contributed by atoms with Gasteiger partial charge in [-0.3, -0.25) is 9.59 Å². The molecule has 7 heteroatoms. The first-order valence-corrected chi connectivity index (χ1v) is 9.81. The highest BCUT2D eigenvalue weighted by molar-refractivity contribution is 6.55. The summed E-state index contributed by atoms with van der Waals surface area (Å²) in [7, 11) is 0. The third kappa shape index (κ3) is 4.92. The van der Waals surface area contributed by atoms with Gasteiger partial charge in [-0.15, -0.1) is 0 Å². The molecule has 0 bridgehead atoms. The van der Waals surface area contributed by atoms with E-state index in [0.29, 0.717) is 17.1 Å². The quantitative estimate of drug-likeness (QED) is 0.612. The minimum atomic E-state index is -1.23. The van der Waals surface area contributed by atoms with Crippen LogP contribution in [0.4, 0.5) is 0 Å². The Labute approximate surface area is 179 Å². The predicted molar refractivity (Wildman–Crippen MR) is 112 cm³/mol. The second-order valence-corrected chi connectivity index (χ2v) is 8.50. The Morgan fingerprint density at radius 3 is 2.34 bits per heavy atom. The maximum atomic E-state index is 12.7. The number of para-hydroxylation sites is 1. The van der Waals surface area contributed by atoms with E-state index in [1.807, 2.05) is 44.2 Å². The molecule has 2 N–H and O–H groups in total. The average Bonchev–Trinajstić information content (AvgIpc) is 3.19. The summed E-state index contributed by atoms with van der Waals surface area (Å²) in [5, 5.41) is 0. The van der Waals surface area contributed by atoms with Crippen LogP contribution in [0, 0.1) is 17.3 Å². The van der Waals surface area contributed by atoms with Crippen LogP contribution in [0.15, 0.2) is 65.2 Å². The first kappa shape index (κ1) is 21.2. The van der Waals surface area contributed by atoms with Gasteiger partial charge in [0, 0.05) is 5.56 Å². The largest absolute Gasteiger partial charge is 0.457 e. The maximum absolute atomic E-state index is 12.7. The smallest absolute Gasteiger partial charge is 0.311 e. The van der Waals surface area contributed by atoms with Gasteiger partial charge in [0.05, 0.1) is 5.92 Å². The van der Waals surface area contributed by atoms with Crippen LogP contribution in [0.3, 0.4) is 0 Å². The van der Waals surface area contributed by atoms with Crippen LogP contribution < -0.4 is 10.5 Å². The Morgan fingerprint density at radius 2 is 1.72 bits per heavy atom. The number of primary amides is 1. The standard InChI is InChI=1S/C22H21Cl2NO4/c1-22(2)16(12-17(23)24)18(22)21(27)29-19(20(25)26)13-7-6-10-15(11-13)28-14-8-4-3-5-9-14/h3-12,16,18-19H,1-2H3,(H2,25,26). The first-order chi connectivity index (χ1) is 13.7. The third-order valence-electron chi connectivity index (χ3n) is 5.10. The van der Waals surface area contributed by atoms with Gasteiger partial charge in [0.25, 0.3) is 5.91 Å². The second kappa shape index (κ2) is 8.47. The molecular formula is C22H21Cl2NO4. The molecule has 3 unspecified atom stereocenters. The van der Waals surface area contributed by atoms with Crippen LogP contribution in [0.25, 0.3) is 0 Å². The number of benzene rings is 2. The molecule has 0 aromatic heterocycles. The number of esters is 1. The van der Waals surface area contributed by atoms with E-state index >= 15 is 0 Å². The normalized spacial score (nSPS) is 20.3. The van der Waals surface area contributed by atoms with E-state index in [-0.39, 0.29) is 15.8 Å². The molecule has 1 amide bonds. The number of carbonyl (C=O) groups is 2. The van der Waals surface area contributed by atoms with Gasteiger partial charge in [-0.1, -0.05) is 67.4 Å². The second-order valence-electron chi connectivity index (χ2n) is 7.49. The summed E-state index contributed by atoms with van der Waals surface area (Å²) >= 11 is 11.5. The van der Waals surface area contributed by atoms with E-state index in [2.05, 4.69) is 0 Å². The van der Waals surface area contributed by atoms with Gasteiger partial charge in [0.15, 0.2) is 0 Å². The fourth-order valence-corrected chi connectivity index (χ4v) is 3.69. The Balaban J connectivity index is 1.77. The minimum Gasteiger partial charge on any atom is -0.457 e. The van der Waals surface area contributed by atoms with Gasteiger partial charge in [0.1, 0.15) is 16.0 Å². The molecule has 1 aliphatic rings. The molecule has 152 valence electrons. The van der Waals surface area contributed by atoms with Crippen molar-refractivity contribution < 1.29 is 19.1 Å². The van der Waals surface area contributed by atoms with Crippen LogP contribution in [-0.2, 0) is 14.3 Å². The topological polar surface area (TPSA) is 78.6 Å². The number of carbonyl (C=O) groups excluding carboxylic acids is 2. The summed E-state index contributed by atoms with van der Waals surface area (Å²) in [5.41, 5.74) is 5.57. The first-order valence-electron chi connectivity index (χ1n) is 9.05. The van der Waals surface area contributed by atoms with E-state index in [1.54, 1.807) is 30.3 Å². The summed E-state index contributed by atoms with van der Waals surface area (Å²) in [6, 6.07) is 15.9. The van der Waals surface area contributed by atoms with Gasteiger partial charge in [-0.25, -0.2) is 0 Å². The zero-order valence-corrected chi connectivity index (χ0v) is 17.5. The Hall–Kier alpha value is -2.50. The van der Waals surface area contributed by atoms with Crippen molar-refractivity contribution >= 4 is 35.1 Å². The van der Waals surface area contributed by atoms with Crippen LogP contribution >= 0.6 is 23.2 Å². The fourth-order valence-electron chi connectivity index (χ4n) is 3.42. The number of hydrogen-bond acceptors (Lipinski definition) is 4. The highest BCUT2D eigenvalue weighted by Crippen LogP contribution is 2.60. The highest BCUT2D eigenvalue weighted by Gasteiger charge is 2.62. The van der Waals surface area contributed by atoms with E-state index in [0.717, 1.165) is 0 Å². The number of hydrogen-bond donors (Lipinski definition) is 1. The Kier molecular flexibility index (Phi) is 6.20. The number of amides is 1. The molecule has 0 radical (unpaired) electrons.